The fourth-order valence-electron chi connectivity index (χ4n) is 5.72. The number of hydrogen-bond donors (Lipinski definition) is 0. The summed E-state index contributed by atoms with van der Waals surface area (Å²) in [6.07, 6.45) is -1.26. The van der Waals surface area contributed by atoms with Crippen LogP contribution < -0.4 is 0 Å². The molecule has 0 bridgehead atoms. The number of alkyl halides is 4. The molecule has 0 atom stereocenters. The predicted molar refractivity (Wildman–Crippen MR) is 137 cm³/mol. The minimum atomic E-state index is -4.76. The van der Waals surface area contributed by atoms with E-state index in [0.717, 1.165) is 67.2 Å². The molecule has 5 rings (SSSR count). The minimum absolute atomic E-state index is 0.0217. The molecule has 1 fully saturated rings. The van der Waals surface area contributed by atoms with E-state index < -0.39 is 17.6 Å². The van der Waals surface area contributed by atoms with Crippen LogP contribution in [0, 0.1) is 11.7 Å². The molecule has 6 heteroatoms. The first-order chi connectivity index (χ1) is 17.8. The highest BCUT2D eigenvalue weighted by molar-refractivity contribution is 6.00. The van der Waals surface area contributed by atoms with Gasteiger partial charge in [-0.25, -0.2) is 4.39 Å². The van der Waals surface area contributed by atoms with Gasteiger partial charge in [0.25, 0.3) is 0 Å². The molecule has 1 aliphatic heterocycles. The second-order valence-corrected chi connectivity index (χ2v) is 10.1. The second-order valence-electron chi connectivity index (χ2n) is 10.1. The highest BCUT2D eigenvalue weighted by Gasteiger charge is 2.36. The minimum Gasteiger partial charge on any atom is -0.303 e. The fourth-order valence-corrected chi connectivity index (χ4v) is 5.72. The van der Waals surface area contributed by atoms with Gasteiger partial charge in [0.05, 0.1) is 12.2 Å². The highest BCUT2D eigenvalue weighted by atomic mass is 19.4. The Morgan fingerprint density at radius 2 is 1.57 bits per heavy atom. The van der Waals surface area contributed by atoms with E-state index in [0.29, 0.717) is 24.3 Å². The molecule has 1 saturated heterocycles. The molecule has 0 saturated carbocycles. The number of halogens is 5. The Bertz CT molecular complexity index is 1270. The van der Waals surface area contributed by atoms with Crippen molar-refractivity contribution in [3.8, 4) is 0 Å². The molecule has 3 aromatic carbocycles. The first kappa shape index (κ1) is 25.7. The van der Waals surface area contributed by atoms with E-state index in [1.165, 1.54) is 17.7 Å². The largest absolute Gasteiger partial charge is 0.419 e. The summed E-state index contributed by atoms with van der Waals surface area (Å²) in [4.78, 5) is 2.27. The van der Waals surface area contributed by atoms with E-state index >= 15 is 4.39 Å². The van der Waals surface area contributed by atoms with Crippen LogP contribution in [0.3, 0.4) is 0 Å². The standard InChI is InChI=1S/C31H30F5N/c32-16-5-17-37-19-22(20-37)18-21-12-14-24(15-13-21)29-25-8-2-1-6-23(25)7-3-9-26(29)27-10-4-11-28(30(27)33)31(34,35)36/h1-2,4,6,8,10-15,22H,3,5,7,9,16-20H2. The summed E-state index contributed by atoms with van der Waals surface area (Å²) in [6.45, 7) is 2.46. The van der Waals surface area contributed by atoms with Crippen molar-refractivity contribution in [2.75, 3.05) is 26.3 Å². The number of allylic oxidation sites excluding steroid dienone is 1. The third-order valence-corrected chi connectivity index (χ3v) is 7.50. The van der Waals surface area contributed by atoms with Crippen molar-refractivity contribution in [1.82, 2.24) is 4.90 Å². The molecule has 0 N–H and O–H groups in total. The van der Waals surface area contributed by atoms with E-state index in [4.69, 9.17) is 0 Å². The molecule has 1 nitrogen and oxygen atoms in total. The van der Waals surface area contributed by atoms with Crippen molar-refractivity contribution >= 4 is 11.1 Å². The number of rotatable bonds is 7. The monoisotopic (exact) mass is 511 g/mol. The van der Waals surface area contributed by atoms with Crippen molar-refractivity contribution in [3.63, 3.8) is 0 Å². The zero-order valence-electron chi connectivity index (χ0n) is 20.6. The van der Waals surface area contributed by atoms with E-state index in [1.807, 2.05) is 36.4 Å². The summed E-state index contributed by atoms with van der Waals surface area (Å²) >= 11 is 0. The average Bonchev–Trinajstić information content (AvgIpc) is 3.05. The molecular weight excluding hydrogens is 481 g/mol. The summed E-state index contributed by atoms with van der Waals surface area (Å²) in [6, 6.07) is 19.6. The Balaban J connectivity index is 1.51. The van der Waals surface area contributed by atoms with Crippen LogP contribution in [0.2, 0.25) is 0 Å². The summed E-state index contributed by atoms with van der Waals surface area (Å²) < 4.78 is 68.3. The van der Waals surface area contributed by atoms with Gasteiger partial charge < -0.3 is 4.90 Å². The van der Waals surface area contributed by atoms with Crippen LogP contribution in [0.15, 0.2) is 66.7 Å². The lowest BCUT2D eigenvalue weighted by Crippen LogP contribution is -2.47. The molecule has 0 unspecified atom stereocenters. The Labute approximate surface area is 214 Å². The van der Waals surface area contributed by atoms with Crippen LogP contribution in [0.25, 0.3) is 11.1 Å². The van der Waals surface area contributed by atoms with Crippen LogP contribution >= 0.6 is 0 Å². The van der Waals surface area contributed by atoms with Crippen LogP contribution in [0.5, 0.6) is 0 Å². The highest BCUT2D eigenvalue weighted by Crippen LogP contribution is 2.42. The van der Waals surface area contributed by atoms with Crippen molar-refractivity contribution < 1.29 is 22.0 Å². The lowest BCUT2D eigenvalue weighted by molar-refractivity contribution is -0.140. The van der Waals surface area contributed by atoms with Gasteiger partial charge in [-0.1, -0.05) is 60.7 Å². The lowest BCUT2D eigenvalue weighted by atomic mass is 9.86. The van der Waals surface area contributed by atoms with Crippen molar-refractivity contribution in [1.29, 1.82) is 0 Å². The fraction of sp³-hybridized carbons (Fsp3) is 0.355. The normalized spacial score (nSPS) is 16.9. The van der Waals surface area contributed by atoms with Gasteiger partial charge in [-0.15, -0.1) is 0 Å². The van der Waals surface area contributed by atoms with E-state index in [1.54, 1.807) is 0 Å². The number of hydrogen-bond acceptors (Lipinski definition) is 1. The molecule has 0 radical (unpaired) electrons. The van der Waals surface area contributed by atoms with Crippen LogP contribution in [0.1, 0.15) is 52.6 Å². The summed E-state index contributed by atoms with van der Waals surface area (Å²) in [5, 5.41) is 0. The maximum absolute atomic E-state index is 15.3. The molecule has 2 aliphatic rings. The molecule has 3 aromatic rings. The van der Waals surface area contributed by atoms with Gasteiger partial charge in [0.15, 0.2) is 0 Å². The van der Waals surface area contributed by atoms with Gasteiger partial charge in [-0.05, 0) is 77.5 Å². The van der Waals surface area contributed by atoms with Gasteiger partial charge in [0.2, 0.25) is 0 Å². The number of nitrogens with zero attached hydrogens (tertiary/aromatic N) is 1. The van der Waals surface area contributed by atoms with E-state index in [9.17, 15) is 17.6 Å². The Kier molecular flexibility index (Phi) is 7.47. The van der Waals surface area contributed by atoms with Gasteiger partial charge >= 0.3 is 6.18 Å². The van der Waals surface area contributed by atoms with Gasteiger partial charge in [0, 0.05) is 25.2 Å². The predicted octanol–water partition coefficient (Wildman–Crippen LogP) is 7.97. The summed E-state index contributed by atoms with van der Waals surface area (Å²) in [5.74, 6) is -0.668. The quantitative estimate of drug-likeness (QED) is 0.291. The van der Waals surface area contributed by atoms with Crippen LogP contribution in [0.4, 0.5) is 22.0 Å². The molecule has 194 valence electrons. The van der Waals surface area contributed by atoms with E-state index in [2.05, 4.69) is 17.0 Å². The maximum Gasteiger partial charge on any atom is 0.419 e. The molecule has 1 heterocycles. The average molecular weight is 512 g/mol. The molecule has 1 aliphatic carbocycles. The Morgan fingerprint density at radius 1 is 0.838 bits per heavy atom. The van der Waals surface area contributed by atoms with Crippen molar-refractivity contribution in [2.45, 2.75) is 38.3 Å². The molecule has 37 heavy (non-hydrogen) atoms. The van der Waals surface area contributed by atoms with Gasteiger partial charge in [0.1, 0.15) is 5.82 Å². The van der Waals surface area contributed by atoms with Crippen LogP contribution in [-0.2, 0) is 19.0 Å². The Hall–Kier alpha value is -2.99. The zero-order valence-corrected chi connectivity index (χ0v) is 20.6. The van der Waals surface area contributed by atoms with Gasteiger partial charge in [-0.2, -0.15) is 13.2 Å². The lowest BCUT2D eigenvalue weighted by Gasteiger charge is -2.39. The van der Waals surface area contributed by atoms with E-state index in [-0.39, 0.29) is 12.2 Å². The molecular formula is C31H30F5N. The number of likely N-dealkylation sites (tertiary alicyclic amines) is 1. The van der Waals surface area contributed by atoms with Crippen LogP contribution in [-0.4, -0.2) is 31.2 Å². The molecule has 0 amide bonds. The third-order valence-electron chi connectivity index (χ3n) is 7.50. The third kappa shape index (κ3) is 5.49. The topological polar surface area (TPSA) is 3.24 Å². The number of fused-ring (bicyclic) bond motifs is 1. The smallest absolute Gasteiger partial charge is 0.303 e. The summed E-state index contributed by atoms with van der Waals surface area (Å²) in [7, 11) is 0. The van der Waals surface area contributed by atoms with Crippen molar-refractivity contribution in [3.05, 3.63) is 106 Å². The zero-order chi connectivity index (χ0) is 26.0. The first-order valence-electron chi connectivity index (χ1n) is 12.9. The molecule has 0 aromatic heterocycles. The molecule has 0 spiro atoms. The summed E-state index contributed by atoms with van der Waals surface area (Å²) in [5.41, 5.74) is 4.34. The SMILES string of the molecule is FCCCN1CC(Cc2ccc(C3=C(c4cccc(C(F)(F)F)c4F)CCCc4ccccc43)cc2)C1. The van der Waals surface area contributed by atoms with Crippen molar-refractivity contribution in [2.24, 2.45) is 5.92 Å². The Morgan fingerprint density at radius 3 is 2.30 bits per heavy atom. The number of aryl methyl sites for hydroxylation is 1. The number of benzene rings is 3. The second kappa shape index (κ2) is 10.8. The first-order valence-corrected chi connectivity index (χ1v) is 12.9. The van der Waals surface area contributed by atoms with Gasteiger partial charge in [-0.3, -0.25) is 4.39 Å². The maximum atomic E-state index is 15.3.